The van der Waals surface area contributed by atoms with Crippen LogP contribution in [0.4, 0.5) is 0 Å². The standard InChI is InChI=1S/C18H27N3/c1-3-16-5-6-17-7-10-21(18(17)15-16)14-13-20-9-4-8-19(2)11-12-20/h5-7,10,15H,3-4,8-9,11-14H2,1-2H3. The predicted molar refractivity (Wildman–Crippen MR) is 89.9 cm³/mol. The molecule has 0 aliphatic carbocycles. The second-order valence-electron chi connectivity index (χ2n) is 6.25. The molecule has 0 radical (unpaired) electrons. The Labute approximate surface area is 128 Å². The molecule has 0 atom stereocenters. The van der Waals surface area contributed by atoms with Crippen LogP contribution in [0, 0.1) is 0 Å². The highest BCUT2D eigenvalue weighted by molar-refractivity contribution is 5.80. The molecule has 3 nitrogen and oxygen atoms in total. The summed E-state index contributed by atoms with van der Waals surface area (Å²) in [5, 5.41) is 1.36. The highest BCUT2D eigenvalue weighted by Crippen LogP contribution is 2.18. The number of aryl methyl sites for hydroxylation is 1. The van der Waals surface area contributed by atoms with Crippen molar-refractivity contribution in [3.63, 3.8) is 0 Å². The summed E-state index contributed by atoms with van der Waals surface area (Å²) >= 11 is 0. The van der Waals surface area contributed by atoms with E-state index in [4.69, 9.17) is 0 Å². The minimum Gasteiger partial charge on any atom is -0.346 e. The Morgan fingerprint density at radius 3 is 2.76 bits per heavy atom. The first-order chi connectivity index (χ1) is 10.3. The fraction of sp³-hybridized carbons (Fsp3) is 0.556. The van der Waals surface area contributed by atoms with Gasteiger partial charge in [0.25, 0.3) is 0 Å². The van der Waals surface area contributed by atoms with E-state index in [0.717, 1.165) is 19.5 Å². The maximum Gasteiger partial charge on any atom is 0.0483 e. The van der Waals surface area contributed by atoms with Crippen molar-refractivity contribution in [2.24, 2.45) is 0 Å². The van der Waals surface area contributed by atoms with Crippen molar-refractivity contribution in [3.8, 4) is 0 Å². The highest BCUT2D eigenvalue weighted by atomic mass is 15.2. The molecule has 0 N–H and O–H groups in total. The Kier molecular flexibility index (Phi) is 4.61. The van der Waals surface area contributed by atoms with Crippen molar-refractivity contribution in [3.05, 3.63) is 36.0 Å². The minimum atomic E-state index is 1.10. The average Bonchev–Trinajstić information content (AvgIpc) is 2.79. The van der Waals surface area contributed by atoms with E-state index < -0.39 is 0 Å². The number of likely N-dealkylation sites (N-methyl/N-ethyl adjacent to an activating group) is 1. The van der Waals surface area contributed by atoms with E-state index in [1.54, 1.807) is 0 Å². The number of rotatable bonds is 4. The van der Waals surface area contributed by atoms with Gasteiger partial charge in [0.05, 0.1) is 0 Å². The van der Waals surface area contributed by atoms with Gasteiger partial charge in [-0.15, -0.1) is 0 Å². The lowest BCUT2D eigenvalue weighted by Gasteiger charge is -2.20. The van der Waals surface area contributed by atoms with Gasteiger partial charge in [-0.25, -0.2) is 0 Å². The molecule has 21 heavy (non-hydrogen) atoms. The molecule has 0 bridgehead atoms. The molecule has 2 heterocycles. The molecule has 2 aromatic rings. The number of nitrogens with zero attached hydrogens (tertiary/aromatic N) is 3. The maximum atomic E-state index is 2.61. The normalized spacial score (nSPS) is 18.2. The van der Waals surface area contributed by atoms with Crippen molar-refractivity contribution in [1.82, 2.24) is 14.4 Å². The first-order valence-electron chi connectivity index (χ1n) is 8.25. The highest BCUT2D eigenvalue weighted by Gasteiger charge is 2.12. The van der Waals surface area contributed by atoms with Crippen molar-refractivity contribution < 1.29 is 0 Å². The molecule has 3 rings (SSSR count). The van der Waals surface area contributed by atoms with Crippen LogP contribution in [0.5, 0.6) is 0 Å². The first kappa shape index (κ1) is 14.6. The van der Waals surface area contributed by atoms with Crippen LogP contribution in [0.1, 0.15) is 18.9 Å². The Balaban J connectivity index is 1.67. The quantitative estimate of drug-likeness (QED) is 0.856. The third-order valence-electron chi connectivity index (χ3n) is 4.72. The molecule has 1 aromatic heterocycles. The van der Waals surface area contributed by atoms with Gasteiger partial charge in [-0.2, -0.15) is 0 Å². The van der Waals surface area contributed by atoms with Gasteiger partial charge >= 0.3 is 0 Å². The lowest BCUT2D eigenvalue weighted by atomic mass is 10.1. The topological polar surface area (TPSA) is 11.4 Å². The molecule has 1 saturated heterocycles. The van der Waals surface area contributed by atoms with Crippen LogP contribution in [0.15, 0.2) is 30.5 Å². The Morgan fingerprint density at radius 2 is 1.90 bits per heavy atom. The zero-order valence-corrected chi connectivity index (χ0v) is 13.4. The van der Waals surface area contributed by atoms with E-state index in [-0.39, 0.29) is 0 Å². The zero-order chi connectivity index (χ0) is 14.7. The van der Waals surface area contributed by atoms with E-state index in [1.165, 1.54) is 49.1 Å². The summed E-state index contributed by atoms with van der Waals surface area (Å²) in [7, 11) is 2.23. The van der Waals surface area contributed by atoms with E-state index in [9.17, 15) is 0 Å². The molecule has 1 aliphatic heterocycles. The third-order valence-corrected chi connectivity index (χ3v) is 4.72. The number of hydrogen-bond acceptors (Lipinski definition) is 2. The van der Waals surface area contributed by atoms with Gasteiger partial charge in [0.2, 0.25) is 0 Å². The molecule has 114 valence electrons. The summed E-state index contributed by atoms with van der Waals surface area (Å²) in [5.74, 6) is 0. The second kappa shape index (κ2) is 6.63. The van der Waals surface area contributed by atoms with E-state index >= 15 is 0 Å². The van der Waals surface area contributed by atoms with Crippen molar-refractivity contribution in [1.29, 1.82) is 0 Å². The molecule has 1 aromatic carbocycles. The number of benzene rings is 1. The fourth-order valence-corrected chi connectivity index (χ4v) is 3.22. The molecule has 0 amide bonds. The lowest BCUT2D eigenvalue weighted by Crippen LogP contribution is -2.31. The van der Waals surface area contributed by atoms with Crippen LogP contribution in [-0.4, -0.2) is 54.1 Å². The van der Waals surface area contributed by atoms with Crippen LogP contribution in [0.3, 0.4) is 0 Å². The summed E-state index contributed by atoms with van der Waals surface area (Å²) in [5.41, 5.74) is 2.82. The van der Waals surface area contributed by atoms with Crippen LogP contribution < -0.4 is 0 Å². The monoisotopic (exact) mass is 285 g/mol. The predicted octanol–water partition coefficient (Wildman–Crippen LogP) is 2.84. The summed E-state index contributed by atoms with van der Waals surface area (Å²) < 4.78 is 2.42. The summed E-state index contributed by atoms with van der Waals surface area (Å²) in [6.45, 7) is 9.37. The largest absolute Gasteiger partial charge is 0.346 e. The van der Waals surface area contributed by atoms with E-state index in [2.05, 4.69) is 58.8 Å². The minimum absolute atomic E-state index is 1.10. The average molecular weight is 285 g/mol. The van der Waals surface area contributed by atoms with Gasteiger partial charge in [0, 0.05) is 37.9 Å². The number of fused-ring (bicyclic) bond motifs is 1. The fourth-order valence-electron chi connectivity index (χ4n) is 3.22. The molecule has 0 saturated carbocycles. The smallest absolute Gasteiger partial charge is 0.0483 e. The van der Waals surface area contributed by atoms with Crippen molar-refractivity contribution >= 4 is 10.9 Å². The van der Waals surface area contributed by atoms with Gasteiger partial charge in [-0.3, -0.25) is 0 Å². The molecular weight excluding hydrogens is 258 g/mol. The lowest BCUT2D eigenvalue weighted by molar-refractivity contribution is 0.268. The van der Waals surface area contributed by atoms with Gasteiger partial charge in [0.1, 0.15) is 0 Å². The van der Waals surface area contributed by atoms with Crippen molar-refractivity contribution in [2.75, 3.05) is 39.8 Å². The van der Waals surface area contributed by atoms with Crippen LogP contribution in [0.25, 0.3) is 10.9 Å². The van der Waals surface area contributed by atoms with Crippen LogP contribution >= 0.6 is 0 Å². The first-order valence-corrected chi connectivity index (χ1v) is 8.25. The summed E-state index contributed by atoms with van der Waals surface area (Å²) in [6.07, 6.45) is 4.65. The SMILES string of the molecule is CCc1ccc2ccn(CCN3CCCN(C)CC3)c2c1. The van der Waals surface area contributed by atoms with Crippen molar-refractivity contribution in [2.45, 2.75) is 26.3 Å². The molecule has 3 heteroatoms. The molecule has 0 spiro atoms. The summed E-state index contributed by atoms with van der Waals surface area (Å²) in [4.78, 5) is 5.05. The molecule has 0 unspecified atom stereocenters. The number of aromatic nitrogens is 1. The number of hydrogen-bond donors (Lipinski definition) is 0. The van der Waals surface area contributed by atoms with Gasteiger partial charge in [-0.1, -0.05) is 19.1 Å². The van der Waals surface area contributed by atoms with Gasteiger partial charge in [0.15, 0.2) is 0 Å². The maximum absolute atomic E-state index is 2.61. The van der Waals surface area contributed by atoms with E-state index in [0.29, 0.717) is 0 Å². The van der Waals surface area contributed by atoms with Gasteiger partial charge in [-0.05, 0) is 56.1 Å². The van der Waals surface area contributed by atoms with E-state index in [1.807, 2.05) is 0 Å². The summed E-state index contributed by atoms with van der Waals surface area (Å²) in [6, 6.07) is 9.10. The van der Waals surface area contributed by atoms with Gasteiger partial charge < -0.3 is 14.4 Å². The Morgan fingerprint density at radius 1 is 1.00 bits per heavy atom. The molecule has 1 aliphatic rings. The molecule has 1 fully saturated rings. The zero-order valence-electron chi connectivity index (χ0n) is 13.4. The van der Waals surface area contributed by atoms with Crippen LogP contribution in [0.2, 0.25) is 0 Å². The second-order valence-corrected chi connectivity index (χ2v) is 6.25. The molecular formula is C18H27N3. The Bertz CT molecular complexity index is 587. The van der Waals surface area contributed by atoms with Crippen LogP contribution in [-0.2, 0) is 13.0 Å². The third kappa shape index (κ3) is 3.47. The Hall–Kier alpha value is -1.32.